The third kappa shape index (κ3) is 2.96. The van der Waals surface area contributed by atoms with E-state index >= 15 is 0 Å². The van der Waals surface area contributed by atoms with Gasteiger partial charge in [-0.25, -0.2) is 0 Å². The molecule has 1 N–H and O–H groups in total. The van der Waals surface area contributed by atoms with E-state index in [2.05, 4.69) is 20.8 Å². The Labute approximate surface area is 113 Å². The highest BCUT2D eigenvalue weighted by molar-refractivity contribution is 5.37. The predicted octanol–water partition coefficient (Wildman–Crippen LogP) is 2.35. The maximum Gasteiger partial charge on any atom is 0.416 e. The van der Waals surface area contributed by atoms with E-state index in [4.69, 9.17) is 0 Å². The van der Waals surface area contributed by atoms with Crippen LogP contribution in [0.3, 0.4) is 0 Å². The molecule has 0 saturated heterocycles. The van der Waals surface area contributed by atoms with Crippen LogP contribution < -0.4 is 5.32 Å². The number of nitrogens with zero attached hydrogens (tertiary/aromatic N) is 4. The fourth-order valence-corrected chi connectivity index (χ4v) is 1.86. The van der Waals surface area contributed by atoms with E-state index in [1.54, 1.807) is 0 Å². The summed E-state index contributed by atoms with van der Waals surface area (Å²) in [6.07, 6.45) is -4.39. The molecule has 1 atom stereocenters. The number of benzene rings is 1. The Morgan fingerprint density at radius 3 is 2.75 bits per heavy atom. The molecule has 8 heteroatoms. The highest BCUT2D eigenvalue weighted by atomic mass is 19.4. The molecule has 1 aromatic heterocycles. The second-order valence-corrected chi connectivity index (χ2v) is 4.28. The summed E-state index contributed by atoms with van der Waals surface area (Å²) in [7, 11) is 0. The van der Waals surface area contributed by atoms with Gasteiger partial charge in [-0.1, -0.05) is 13.0 Å². The molecule has 2 rings (SSSR count). The largest absolute Gasteiger partial charge is 0.416 e. The van der Waals surface area contributed by atoms with Crippen LogP contribution in [0.2, 0.25) is 0 Å². The predicted molar refractivity (Wildman–Crippen MR) is 66.2 cm³/mol. The van der Waals surface area contributed by atoms with Crippen LogP contribution in [0.25, 0.3) is 5.69 Å². The summed E-state index contributed by atoms with van der Waals surface area (Å²) in [5, 5.41) is 14.3. The van der Waals surface area contributed by atoms with Crippen molar-refractivity contribution in [1.29, 1.82) is 0 Å². The topological polar surface area (TPSA) is 55.6 Å². The van der Waals surface area contributed by atoms with Crippen LogP contribution >= 0.6 is 0 Å². The maximum atomic E-state index is 12.7. The van der Waals surface area contributed by atoms with Crippen molar-refractivity contribution >= 4 is 0 Å². The van der Waals surface area contributed by atoms with E-state index in [0.717, 1.165) is 12.1 Å². The first-order valence-corrected chi connectivity index (χ1v) is 6.12. The van der Waals surface area contributed by atoms with Gasteiger partial charge in [0.15, 0.2) is 5.82 Å². The molecule has 0 saturated carbocycles. The number of hydrogen-bond donors (Lipinski definition) is 1. The van der Waals surface area contributed by atoms with Gasteiger partial charge >= 0.3 is 6.18 Å². The van der Waals surface area contributed by atoms with Crippen LogP contribution in [0.5, 0.6) is 0 Å². The third-order valence-electron chi connectivity index (χ3n) is 2.81. The van der Waals surface area contributed by atoms with Gasteiger partial charge in [0, 0.05) is 0 Å². The minimum Gasteiger partial charge on any atom is -0.308 e. The zero-order valence-electron chi connectivity index (χ0n) is 11.0. The average molecular weight is 285 g/mol. The number of nitrogens with one attached hydrogen (secondary N) is 1. The zero-order chi connectivity index (χ0) is 14.8. The minimum absolute atomic E-state index is 0.162. The Bertz CT molecular complexity index is 578. The quantitative estimate of drug-likeness (QED) is 0.937. The smallest absolute Gasteiger partial charge is 0.308 e. The molecule has 0 aliphatic rings. The van der Waals surface area contributed by atoms with Gasteiger partial charge in [0.25, 0.3) is 0 Å². The van der Waals surface area contributed by atoms with Gasteiger partial charge in [-0.2, -0.15) is 17.9 Å². The van der Waals surface area contributed by atoms with Gasteiger partial charge < -0.3 is 5.32 Å². The summed E-state index contributed by atoms with van der Waals surface area (Å²) in [5.74, 6) is 0.464. The van der Waals surface area contributed by atoms with Crippen molar-refractivity contribution < 1.29 is 13.2 Å². The molecule has 1 aromatic carbocycles. The first kappa shape index (κ1) is 14.4. The maximum absolute atomic E-state index is 12.7. The van der Waals surface area contributed by atoms with E-state index in [1.165, 1.54) is 16.8 Å². The van der Waals surface area contributed by atoms with Crippen molar-refractivity contribution in [2.45, 2.75) is 26.1 Å². The third-order valence-corrected chi connectivity index (χ3v) is 2.81. The van der Waals surface area contributed by atoms with Crippen molar-refractivity contribution in [3.8, 4) is 5.69 Å². The molecule has 0 fully saturated rings. The standard InChI is InChI=1S/C12H14F3N5/c1-3-16-8(2)11-17-18-19-20(11)10-6-4-5-9(7-10)12(13,14)15/h4-8,16H,3H2,1-2H3. The second-order valence-electron chi connectivity index (χ2n) is 4.28. The zero-order valence-corrected chi connectivity index (χ0v) is 11.0. The summed E-state index contributed by atoms with van der Waals surface area (Å²) in [4.78, 5) is 0. The molecule has 5 nitrogen and oxygen atoms in total. The molecule has 20 heavy (non-hydrogen) atoms. The van der Waals surface area contributed by atoms with Crippen LogP contribution in [0.1, 0.15) is 31.3 Å². The fraction of sp³-hybridized carbons (Fsp3) is 0.417. The first-order chi connectivity index (χ1) is 9.43. The van der Waals surface area contributed by atoms with Gasteiger partial charge in [0.2, 0.25) is 0 Å². The van der Waals surface area contributed by atoms with Gasteiger partial charge in [-0.3, -0.25) is 0 Å². The summed E-state index contributed by atoms with van der Waals surface area (Å²) in [6.45, 7) is 4.48. The molecular formula is C12H14F3N5. The Kier molecular flexibility index (Phi) is 4.03. The summed E-state index contributed by atoms with van der Waals surface area (Å²) < 4.78 is 39.5. The SMILES string of the molecule is CCNC(C)c1nnnn1-c1cccc(C(F)(F)F)c1. The Balaban J connectivity index is 2.40. The number of alkyl halides is 3. The normalized spacial score (nSPS) is 13.4. The first-order valence-electron chi connectivity index (χ1n) is 6.12. The van der Waals surface area contributed by atoms with E-state index in [0.29, 0.717) is 12.4 Å². The number of tetrazole rings is 1. The molecule has 108 valence electrons. The van der Waals surface area contributed by atoms with Crippen molar-refractivity contribution in [2.24, 2.45) is 0 Å². The van der Waals surface area contributed by atoms with Gasteiger partial charge in [0.1, 0.15) is 0 Å². The van der Waals surface area contributed by atoms with E-state index < -0.39 is 11.7 Å². The minimum atomic E-state index is -4.39. The van der Waals surface area contributed by atoms with Crippen molar-refractivity contribution in [3.63, 3.8) is 0 Å². The van der Waals surface area contributed by atoms with Gasteiger partial charge in [-0.15, -0.1) is 5.10 Å². The molecule has 0 bridgehead atoms. The Hall–Kier alpha value is -1.96. The van der Waals surface area contributed by atoms with E-state index in [1.807, 2.05) is 13.8 Å². The molecule has 0 aliphatic heterocycles. The molecule has 0 spiro atoms. The highest BCUT2D eigenvalue weighted by Crippen LogP contribution is 2.30. The monoisotopic (exact) mass is 285 g/mol. The molecule has 0 radical (unpaired) electrons. The molecule has 1 heterocycles. The van der Waals surface area contributed by atoms with Crippen LogP contribution in [-0.2, 0) is 6.18 Å². The summed E-state index contributed by atoms with van der Waals surface area (Å²) in [5.41, 5.74) is -0.447. The van der Waals surface area contributed by atoms with Gasteiger partial charge in [0.05, 0.1) is 17.3 Å². The lowest BCUT2D eigenvalue weighted by Crippen LogP contribution is -2.21. The number of aromatic nitrogens is 4. The van der Waals surface area contributed by atoms with Gasteiger partial charge in [-0.05, 0) is 42.1 Å². The number of halogens is 3. The summed E-state index contributed by atoms with van der Waals surface area (Å²) in [6, 6.07) is 4.75. The molecule has 0 aliphatic carbocycles. The lowest BCUT2D eigenvalue weighted by Gasteiger charge is -2.13. The summed E-state index contributed by atoms with van der Waals surface area (Å²) >= 11 is 0. The fourth-order valence-electron chi connectivity index (χ4n) is 1.86. The molecule has 0 amide bonds. The van der Waals surface area contributed by atoms with Crippen LogP contribution in [0.15, 0.2) is 24.3 Å². The number of hydrogen-bond acceptors (Lipinski definition) is 4. The molecule has 1 unspecified atom stereocenters. The van der Waals surface area contributed by atoms with Crippen LogP contribution in [0.4, 0.5) is 13.2 Å². The van der Waals surface area contributed by atoms with E-state index in [-0.39, 0.29) is 11.7 Å². The van der Waals surface area contributed by atoms with Crippen LogP contribution in [0, 0.1) is 0 Å². The lowest BCUT2D eigenvalue weighted by atomic mass is 10.2. The van der Waals surface area contributed by atoms with Crippen molar-refractivity contribution in [1.82, 2.24) is 25.5 Å². The lowest BCUT2D eigenvalue weighted by molar-refractivity contribution is -0.137. The van der Waals surface area contributed by atoms with E-state index in [9.17, 15) is 13.2 Å². The second kappa shape index (κ2) is 5.58. The molecule has 2 aromatic rings. The Morgan fingerprint density at radius 1 is 1.35 bits per heavy atom. The Morgan fingerprint density at radius 2 is 2.10 bits per heavy atom. The highest BCUT2D eigenvalue weighted by Gasteiger charge is 2.30. The molecular weight excluding hydrogens is 271 g/mol. The van der Waals surface area contributed by atoms with Crippen molar-refractivity contribution in [3.05, 3.63) is 35.7 Å². The number of rotatable bonds is 4. The average Bonchev–Trinajstić information content (AvgIpc) is 2.87. The van der Waals surface area contributed by atoms with Crippen LogP contribution in [-0.4, -0.2) is 26.8 Å². The van der Waals surface area contributed by atoms with Crippen molar-refractivity contribution in [2.75, 3.05) is 6.54 Å².